The van der Waals surface area contributed by atoms with E-state index in [4.69, 9.17) is 5.11 Å². The molecule has 164 valence electrons. The molecule has 1 aliphatic heterocycles. The summed E-state index contributed by atoms with van der Waals surface area (Å²) >= 11 is 0. The second kappa shape index (κ2) is 7.89. The number of piperidine rings is 1. The Morgan fingerprint density at radius 2 is 1.76 bits per heavy atom. The number of hydrogen-bond donors (Lipinski definition) is 1. The Labute approximate surface area is 176 Å². The fourth-order valence-electron chi connectivity index (χ4n) is 8.58. The average molecular weight is 404 g/mol. The van der Waals surface area contributed by atoms with E-state index in [1.807, 2.05) is 7.05 Å². The molecule has 0 bridgehead atoms. The van der Waals surface area contributed by atoms with E-state index in [1.165, 1.54) is 51.4 Å². The van der Waals surface area contributed by atoms with Crippen LogP contribution >= 0.6 is 0 Å². The smallest absolute Gasteiger partial charge is 0.303 e. The molecule has 0 spiro atoms. The summed E-state index contributed by atoms with van der Waals surface area (Å²) < 4.78 is 0. The van der Waals surface area contributed by atoms with Crippen molar-refractivity contribution >= 4 is 11.9 Å². The van der Waals surface area contributed by atoms with Crippen molar-refractivity contribution in [2.45, 2.75) is 103 Å². The minimum atomic E-state index is -0.657. The quantitative estimate of drug-likeness (QED) is 0.596. The molecule has 1 saturated heterocycles. The number of amides is 1. The average Bonchev–Trinajstić information content (AvgIpc) is 3.01. The number of carboxylic acids is 1. The van der Waals surface area contributed by atoms with E-state index in [2.05, 4.69) is 18.7 Å². The Balaban J connectivity index is 1.41. The fourth-order valence-corrected chi connectivity index (χ4v) is 8.58. The molecule has 2 unspecified atom stereocenters. The van der Waals surface area contributed by atoms with E-state index in [9.17, 15) is 9.59 Å². The summed E-state index contributed by atoms with van der Waals surface area (Å²) in [6, 6.07) is 0.459. The van der Waals surface area contributed by atoms with Gasteiger partial charge in [-0.05, 0) is 92.3 Å². The van der Waals surface area contributed by atoms with Crippen LogP contribution in [0.1, 0.15) is 97.3 Å². The topological polar surface area (TPSA) is 57.6 Å². The highest BCUT2D eigenvalue weighted by atomic mass is 16.4. The minimum Gasteiger partial charge on any atom is -0.481 e. The van der Waals surface area contributed by atoms with Gasteiger partial charge in [-0.2, -0.15) is 0 Å². The van der Waals surface area contributed by atoms with Gasteiger partial charge >= 0.3 is 5.97 Å². The molecule has 7 atom stereocenters. The van der Waals surface area contributed by atoms with Crippen LogP contribution in [0.5, 0.6) is 0 Å². The third-order valence-electron chi connectivity index (χ3n) is 10.2. The lowest BCUT2D eigenvalue weighted by Gasteiger charge is -2.62. The lowest BCUT2D eigenvalue weighted by Crippen LogP contribution is -2.61. The van der Waals surface area contributed by atoms with Crippen molar-refractivity contribution in [3.63, 3.8) is 0 Å². The van der Waals surface area contributed by atoms with Crippen LogP contribution in [-0.4, -0.2) is 35.0 Å². The van der Waals surface area contributed by atoms with Crippen molar-refractivity contribution in [3.05, 3.63) is 0 Å². The molecule has 0 aromatic rings. The van der Waals surface area contributed by atoms with Gasteiger partial charge in [-0.1, -0.05) is 26.7 Å². The zero-order chi connectivity index (χ0) is 20.8. The molecule has 4 heteroatoms. The molecule has 4 rings (SSSR count). The van der Waals surface area contributed by atoms with Gasteiger partial charge < -0.3 is 10.0 Å². The van der Waals surface area contributed by atoms with Crippen LogP contribution < -0.4 is 0 Å². The summed E-state index contributed by atoms with van der Waals surface area (Å²) in [5.41, 5.74) is 0.815. The first-order chi connectivity index (χ1) is 13.8. The van der Waals surface area contributed by atoms with Crippen molar-refractivity contribution in [3.8, 4) is 0 Å². The Morgan fingerprint density at radius 3 is 2.52 bits per heavy atom. The number of hydrogen-bond acceptors (Lipinski definition) is 2. The Morgan fingerprint density at radius 1 is 1.00 bits per heavy atom. The standard InChI is InChI=1S/C25H41NO3/c1-24-15-13-20-18(10-12-21-25(20,2)16-14-22(27)26(21)3)19(24)11-9-17(24)7-5-4-6-8-23(28)29/h17-21H,4-16H2,1-3H3,(H,28,29)/t17?,18-,19-,20+,21?,24+,25+/m0/s1. The number of carboxylic acid groups (broad SMARTS) is 1. The van der Waals surface area contributed by atoms with Gasteiger partial charge in [-0.15, -0.1) is 0 Å². The van der Waals surface area contributed by atoms with Crippen molar-refractivity contribution in [1.29, 1.82) is 0 Å². The van der Waals surface area contributed by atoms with Gasteiger partial charge in [0.05, 0.1) is 0 Å². The molecular formula is C25H41NO3. The first kappa shape index (κ1) is 21.2. The molecular weight excluding hydrogens is 362 g/mol. The Hall–Kier alpha value is -1.06. The molecule has 1 heterocycles. The molecule has 4 nitrogen and oxygen atoms in total. The van der Waals surface area contributed by atoms with Crippen molar-refractivity contribution in [2.24, 2.45) is 34.5 Å². The van der Waals surface area contributed by atoms with Gasteiger partial charge in [0.1, 0.15) is 0 Å². The fraction of sp³-hybridized carbons (Fsp3) is 0.920. The van der Waals surface area contributed by atoms with Crippen molar-refractivity contribution in [1.82, 2.24) is 4.90 Å². The summed E-state index contributed by atoms with van der Waals surface area (Å²) in [7, 11) is 2.05. The minimum absolute atomic E-state index is 0.321. The maximum atomic E-state index is 12.3. The van der Waals surface area contributed by atoms with Crippen LogP contribution in [0.4, 0.5) is 0 Å². The first-order valence-electron chi connectivity index (χ1n) is 12.2. The summed E-state index contributed by atoms with van der Waals surface area (Å²) in [6.07, 6.45) is 14.5. The zero-order valence-electron chi connectivity index (χ0n) is 18.8. The highest BCUT2D eigenvalue weighted by Gasteiger charge is 2.60. The molecule has 4 fully saturated rings. The van der Waals surface area contributed by atoms with E-state index in [0.717, 1.165) is 49.4 Å². The normalized spacial score (nSPS) is 44.2. The highest BCUT2D eigenvalue weighted by molar-refractivity contribution is 5.77. The van der Waals surface area contributed by atoms with Gasteiger partial charge in [0.2, 0.25) is 5.91 Å². The van der Waals surface area contributed by atoms with Crippen molar-refractivity contribution < 1.29 is 14.7 Å². The number of carbonyl (C=O) groups excluding carboxylic acids is 1. The van der Waals surface area contributed by atoms with E-state index >= 15 is 0 Å². The van der Waals surface area contributed by atoms with Gasteiger partial charge in [0.25, 0.3) is 0 Å². The Bertz CT molecular complexity index is 648. The molecule has 1 amide bonds. The second-order valence-electron chi connectivity index (χ2n) is 11.3. The van der Waals surface area contributed by atoms with Crippen LogP contribution in [0.3, 0.4) is 0 Å². The predicted octanol–water partition coefficient (Wildman–Crippen LogP) is 5.50. The lowest BCUT2D eigenvalue weighted by molar-refractivity contribution is -0.158. The molecule has 1 N–H and O–H groups in total. The van der Waals surface area contributed by atoms with Gasteiger partial charge in [-0.3, -0.25) is 9.59 Å². The molecule has 3 saturated carbocycles. The van der Waals surface area contributed by atoms with Gasteiger partial charge in [0.15, 0.2) is 0 Å². The van der Waals surface area contributed by atoms with Crippen LogP contribution in [0.15, 0.2) is 0 Å². The molecule has 4 aliphatic rings. The lowest BCUT2D eigenvalue weighted by atomic mass is 9.46. The van der Waals surface area contributed by atoms with Gasteiger partial charge in [0, 0.05) is 25.9 Å². The number of nitrogens with zero attached hydrogens (tertiary/aromatic N) is 1. The van der Waals surface area contributed by atoms with Crippen LogP contribution in [-0.2, 0) is 9.59 Å². The summed E-state index contributed by atoms with van der Waals surface area (Å²) in [4.78, 5) is 25.1. The Kier molecular flexibility index (Phi) is 5.76. The van der Waals surface area contributed by atoms with Crippen LogP contribution in [0.2, 0.25) is 0 Å². The summed E-state index contributed by atoms with van der Waals surface area (Å²) in [6.45, 7) is 5.10. The number of unbranched alkanes of at least 4 members (excludes halogenated alkanes) is 2. The third kappa shape index (κ3) is 3.53. The van der Waals surface area contributed by atoms with E-state index in [0.29, 0.717) is 29.2 Å². The number of carbonyl (C=O) groups is 2. The number of rotatable bonds is 6. The summed E-state index contributed by atoms with van der Waals surface area (Å²) in [5, 5.41) is 8.84. The van der Waals surface area contributed by atoms with Crippen LogP contribution in [0.25, 0.3) is 0 Å². The molecule has 0 aromatic heterocycles. The second-order valence-corrected chi connectivity index (χ2v) is 11.3. The zero-order valence-corrected chi connectivity index (χ0v) is 18.8. The number of aliphatic carboxylic acids is 1. The third-order valence-corrected chi connectivity index (χ3v) is 10.2. The maximum absolute atomic E-state index is 12.3. The van der Waals surface area contributed by atoms with Crippen molar-refractivity contribution in [2.75, 3.05) is 7.05 Å². The molecule has 3 aliphatic carbocycles. The van der Waals surface area contributed by atoms with Crippen LogP contribution in [0, 0.1) is 34.5 Å². The largest absolute Gasteiger partial charge is 0.481 e. The molecule has 0 aromatic carbocycles. The SMILES string of the molecule is CN1C(=O)CC[C@@]2(C)C1CC[C@@H]1[C@H]2CC[C@]2(C)C(CCCCCC(=O)O)CC[C@@H]12. The van der Waals surface area contributed by atoms with E-state index in [-0.39, 0.29) is 0 Å². The summed E-state index contributed by atoms with van der Waals surface area (Å²) in [5.74, 6) is 3.05. The first-order valence-corrected chi connectivity index (χ1v) is 12.2. The molecule has 29 heavy (non-hydrogen) atoms. The number of fused-ring (bicyclic) bond motifs is 5. The predicted molar refractivity (Wildman–Crippen MR) is 114 cm³/mol. The van der Waals surface area contributed by atoms with E-state index < -0.39 is 5.97 Å². The highest BCUT2D eigenvalue weighted by Crippen LogP contribution is 2.66. The number of likely N-dealkylation sites (tertiary alicyclic amines) is 1. The monoisotopic (exact) mass is 403 g/mol. The van der Waals surface area contributed by atoms with Gasteiger partial charge in [-0.25, -0.2) is 0 Å². The maximum Gasteiger partial charge on any atom is 0.303 e. The van der Waals surface area contributed by atoms with E-state index in [1.54, 1.807) is 0 Å². The molecule has 0 radical (unpaired) electrons.